The average Bonchev–Trinajstić information content (AvgIpc) is 3.58. The SMILES string of the molecule is CC.O=C(NC1CCC1)c1cc(F)c(COc2nc3nc(O[C@@H]4COC5[C@H](O)CO[C@@H]54)[nH]c3cc2Cl)c(F)c1. The predicted octanol–water partition coefficient (Wildman–Crippen LogP) is 3.68. The molecule has 6 rings (SSSR count). The Morgan fingerprint density at radius 1 is 1.15 bits per heavy atom. The van der Waals surface area contributed by atoms with Gasteiger partial charge in [0.2, 0.25) is 5.88 Å². The van der Waals surface area contributed by atoms with Crippen LogP contribution in [0.25, 0.3) is 11.2 Å². The fraction of sp³-hybridized carbons (Fsp3) is 0.500. The van der Waals surface area contributed by atoms with Gasteiger partial charge in [-0.25, -0.2) is 8.78 Å². The van der Waals surface area contributed by atoms with E-state index in [1.807, 2.05) is 13.8 Å². The van der Waals surface area contributed by atoms with Gasteiger partial charge in [0.1, 0.15) is 41.6 Å². The van der Waals surface area contributed by atoms with E-state index in [2.05, 4.69) is 20.3 Å². The summed E-state index contributed by atoms with van der Waals surface area (Å²) < 4.78 is 51.7. The molecule has 3 aromatic rings. The van der Waals surface area contributed by atoms with Gasteiger partial charge in [0, 0.05) is 11.6 Å². The molecule has 39 heavy (non-hydrogen) atoms. The van der Waals surface area contributed by atoms with Crippen molar-refractivity contribution in [3.63, 3.8) is 0 Å². The molecular weight excluding hydrogens is 538 g/mol. The average molecular weight is 567 g/mol. The number of carbonyl (C=O) groups excluding carboxylic acids is 1. The van der Waals surface area contributed by atoms with Gasteiger partial charge in [0.25, 0.3) is 11.9 Å². The summed E-state index contributed by atoms with van der Waals surface area (Å²) >= 11 is 6.27. The van der Waals surface area contributed by atoms with Crippen molar-refractivity contribution in [2.24, 2.45) is 0 Å². The van der Waals surface area contributed by atoms with Crippen LogP contribution in [0.1, 0.15) is 49.0 Å². The van der Waals surface area contributed by atoms with Crippen LogP contribution in [0.3, 0.4) is 0 Å². The number of carbonyl (C=O) groups is 1. The lowest BCUT2D eigenvalue weighted by Crippen LogP contribution is -2.39. The Hall–Kier alpha value is -3.06. The maximum absolute atomic E-state index is 14.7. The van der Waals surface area contributed by atoms with Gasteiger partial charge in [-0.1, -0.05) is 25.4 Å². The summed E-state index contributed by atoms with van der Waals surface area (Å²) in [4.78, 5) is 23.7. The molecule has 0 bridgehead atoms. The molecule has 1 amide bonds. The van der Waals surface area contributed by atoms with Gasteiger partial charge in [-0.15, -0.1) is 0 Å². The quantitative estimate of drug-likeness (QED) is 0.395. The van der Waals surface area contributed by atoms with Crippen LogP contribution in [0.2, 0.25) is 5.02 Å². The summed E-state index contributed by atoms with van der Waals surface area (Å²) in [6.45, 7) is 3.89. The van der Waals surface area contributed by atoms with Gasteiger partial charge in [0.05, 0.1) is 24.3 Å². The third-order valence-electron chi connectivity index (χ3n) is 6.81. The normalized spacial score (nSPS) is 24.1. The molecule has 3 N–H and O–H groups in total. The van der Waals surface area contributed by atoms with Crippen LogP contribution in [-0.2, 0) is 16.1 Å². The Kier molecular flexibility index (Phi) is 8.17. The number of hydrogen-bond acceptors (Lipinski definition) is 8. The number of pyridine rings is 1. The summed E-state index contributed by atoms with van der Waals surface area (Å²) in [5.41, 5.74) is 0.207. The molecule has 1 unspecified atom stereocenters. The van der Waals surface area contributed by atoms with Crippen molar-refractivity contribution in [3.05, 3.63) is 46.0 Å². The van der Waals surface area contributed by atoms with Crippen molar-refractivity contribution in [1.82, 2.24) is 20.3 Å². The Bertz CT molecular complexity index is 1330. The van der Waals surface area contributed by atoms with Crippen molar-refractivity contribution < 1.29 is 37.6 Å². The van der Waals surface area contributed by atoms with E-state index in [4.69, 9.17) is 30.5 Å². The van der Waals surface area contributed by atoms with Gasteiger partial charge in [-0.2, -0.15) is 9.97 Å². The van der Waals surface area contributed by atoms with Gasteiger partial charge in [-0.05, 0) is 37.5 Å². The molecule has 2 aromatic heterocycles. The molecule has 0 radical (unpaired) electrons. The third-order valence-corrected chi connectivity index (χ3v) is 7.09. The number of aromatic amines is 1. The lowest BCUT2D eigenvalue weighted by molar-refractivity contribution is 0.00706. The maximum atomic E-state index is 14.7. The van der Waals surface area contributed by atoms with Crippen LogP contribution in [0.5, 0.6) is 11.9 Å². The minimum Gasteiger partial charge on any atom is -0.471 e. The number of fused-ring (bicyclic) bond motifs is 2. The molecule has 1 saturated carbocycles. The molecular formula is C26H29ClF2N4O6. The lowest BCUT2D eigenvalue weighted by atomic mass is 9.93. The molecule has 1 aliphatic carbocycles. The van der Waals surface area contributed by atoms with Gasteiger partial charge in [0.15, 0.2) is 11.8 Å². The molecule has 4 heterocycles. The first kappa shape index (κ1) is 27.5. The van der Waals surface area contributed by atoms with Crippen LogP contribution >= 0.6 is 11.6 Å². The second-order valence-corrected chi connectivity index (χ2v) is 9.72. The van der Waals surface area contributed by atoms with Crippen LogP contribution in [0.15, 0.2) is 18.2 Å². The third kappa shape index (κ3) is 5.65. The molecule has 3 aliphatic rings. The van der Waals surface area contributed by atoms with Crippen LogP contribution < -0.4 is 14.8 Å². The minimum atomic E-state index is -0.914. The van der Waals surface area contributed by atoms with Crippen molar-refractivity contribution in [2.75, 3.05) is 13.2 Å². The molecule has 4 atom stereocenters. The first-order valence-corrected chi connectivity index (χ1v) is 13.3. The first-order valence-electron chi connectivity index (χ1n) is 12.9. The molecule has 3 fully saturated rings. The van der Waals surface area contributed by atoms with E-state index in [0.717, 1.165) is 31.4 Å². The highest BCUT2D eigenvalue weighted by molar-refractivity contribution is 6.32. The highest BCUT2D eigenvalue weighted by Gasteiger charge is 2.48. The molecule has 1 aromatic carbocycles. The standard InChI is InChI=1S/C24H23ClF2N4O6.C2H6/c25-13-6-16-21(31-24(29-16)37-18-9-35-19-17(32)8-34-20(18)19)30-23(13)36-7-12-14(26)4-10(5-15(12)27)22(33)28-11-2-1-3-11;1-2/h4-6,11,17-20,32H,1-3,7-9H2,(H,28,33)(H,29,30,31);1-2H3/t17-,18-,19?,20-;/m1./s1. The zero-order valence-electron chi connectivity index (χ0n) is 21.4. The van der Waals surface area contributed by atoms with Crippen LogP contribution in [0.4, 0.5) is 8.78 Å². The van der Waals surface area contributed by atoms with Crippen LogP contribution in [-0.4, -0.2) is 69.6 Å². The van der Waals surface area contributed by atoms with E-state index >= 15 is 0 Å². The van der Waals surface area contributed by atoms with E-state index in [1.165, 1.54) is 6.07 Å². The molecule has 2 saturated heterocycles. The number of H-pyrrole nitrogens is 1. The fourth-order valence-corrected chi connectivity index (χ4v) is 4.76. The number of hydrogen-bond donors (Lipinski definition) is 3. The van der Waals surface area contributed by atoms with Gasteiger partial charge >= 0.3 is 0 Å². The number of halogens is 3. The topological polar surface area (TPSA) is 128 Å². The monoisotopic (exact) mass is 566 g/mol. The highest BCUT2D eigenvalue weighted by Crippen LogP contribution is 2.32. The number of aromatic nitrogens is 3. The summed E-state index contributed by atoms with van der Waals surface area (Å²) in [5.74, 6) is -2.42. The number of imidazole rings is 1. The summed E-state index contributed by atoms with van der Waals surface area (Å²) in [6, 6.07) is 3.65. The summed E-state index contributed by atoms with van der Waals surface area (Å²) in [7, 11) is 0. The number of ether oxygens (including phenoxy) is 4. The Balaban J connectivity index is 0.00000151. The zero-order valence-corrected chi connectivity index (χ0v) is 22.1. The molecule has 13 heteroatoms. The van der Waals surface area contributed by atoms with Crippen molar-refractivity contribution in [3.8, 4) is 11.9 Å². The maximum Gasteiger partial charge on any atom is 0.296 e. The minimum absolute atomic E-state index is 0.0464. The number of aliphatic hydroxyl groups is 1. The van der Waals surface area contributed by atoms with E-state index in [0.29, 0.717) is 5.52 Å². The second kappa shape index (κ2) is 11.6. The van der Waals surface area contributed by atoms with Crippen molar-refractivity contribution in [1.29, 1.82) is 0 Å². The largest absolute Gasteiger partial charge is 0.471 e. The number of aliphatic hydroxyl groups excluding tert-OH is 1. The first-order chi connectivity index (χ1) is 18.9. The lowest BCUT2D eigenvalue weighted by Gasteiger charge is -2.26. The molecule has 0 spiro atoms. The van der Waals surface area contributed by atoms with Crippen molar-refractivity contribution in [2.45, 2.75) is 70.2 Å². The van der Waals surface area contributed by atoms with Crippen LogP contribution in [0, 0.1) is 11.6 Å². The Morgan fingerprint density at radius 2 is 1.87 bits per heavy atom. The summed E-state index contributed by atoms with van der Waals surface area (Å²) in [5, 5.41) is 12.7. The number of nitrogens with zero attached hydrogens (tertiary/aromatic N) is 2. The van der Waals surface area contributed by atoms with Gasteiger partial charge in [-0.3, -0.25) is 4.79 Å². The number of amides is 1. The van der Waals surface area contributed by atoms with Crippen molar-refractivity contribution >= 4 is 28.7 Å². The molecule has 10 nitrogen and oxygen atoms in total. The Labute approximate surface area is 228 Å². The molecule has 210 valence electrons. The smallest absolute Gasteiger partial charge is 0.296 e. The number of rotatable bonds is 7. The Morgan fingerprint density at radius 3 is 2.56 bits per heavy atom. The van der Waals surface area contributed by atoms with E-state index in [1.54, 1.807) is 0 Å². The predicted molar refractivity (Wildman–Crippen MR) is 136 cm³/mol. The van der Waals surface area contributed by atoms with E-state index in [-0.39, 0.29) is 52.9 Å². The zero-order chi connectivity index (χ0) is 27.7. The second-order valence-electron chi connectivity index (χ2n) is 9.32. The molecule has 2 aliphatic heterocycles. The van der Waals surface area contributed by atoms with E-state index < -0.39 is 48.6 Å². The fourth-order valence-electron chi connectivity index (χ4n) is 4.56. The number of nitrogens with one attached hydrogen (secondary N) is 2. The summed E-state index contributed by atoms with van der Waals surface area (Å²) in [6.07, 6.45) is 0.698. The van der Waals surface area contributed by atoms with E-state index in [9.17, 15) is 18.7 Å². The van der Waals surface area contributed by atoms with Gasteiger partial charge < -0.3 is 34.4 Å². The highest BCUT2D eigenvalue weighted by atomic mass is 35.5. The number of benzene rings is 1.